The molecule has 3 aromatic rings. The number of carbonyl (C=O) groups is 3. The minimum Gasteiger partial charge on any atom is -0.469 e. The number of hydrogen-bond acceptors (Lipinski definition) is 16. The third-order valence-corrected chi connectivity index (χ3v) is 37.7. The van der Waals surface area contributed by atoms with Crippen molar-refractivity contribution in [1.29, 1.82) is 0 Å². The molecule has 0 bridgehead atoms. The first kappa shape index (κ1) is 78.1. The second kappa shape index (κ2) is 30.3. The number of rotatable bonds is 24. The molecule has 0 aliphatic heterocycles. The highest BCUT2D eigenvalue weighted by Crippen LogP contribution is 2.73. The van der Waals surface area contributed by atoms with Crippen LogP contribution in [0.4, 0.5) is 0 Å². The number of fused-ring (bicyclic) bond motifs is 15. The highest BCUT2D eigenvalue weighted by atomic mass is 31.2. The molecule has 12 saturated carbocycles. The number of aliphatic hydroxyl groups excluding tert-OH is 3. The lowest BCUT2D eigenvalue weighted by atomic mass is 9.43. The quantitative estimate of drug-likeness (QED) is 0.0276. The van der Waals surface area contributed by atoms with Gasteiger partial charge in [-0.3, -0.25) is 18.9 Å². The molecule has 0 amide bonds. The Hall–Kier alpha value is -4.18. The van der Waals surface area contributed by atoms with Crippen molar-refractivity contribution in [3.8, 4) is 0 Å². The first-order chi connectivity index (χ1) is 51.1. The molecular weight excluding hydrogens is 1370 g/mol. The van der Waals surface area contributed by atoms with Crippen molar-refractivity contribution < 1.29 is 48.5 Å². The van der Waals surface area contributed by atoms with Gasteiger partial charge < -0.3 is 29.5 Å². The molecule has 12 fully saturated rings. The van der Waals surface area contributed by atoms with E-state index in [9.17, 15) is 29.7 Å². The fourth-order valence-electron chi connectivity index (χ4n) is 29.6. The number of nitrogens with one attached hydrogen (secondary N) is 3. The average Bonchev–Trinajstić information content (AvgIpc) is 1.69. The van der Waals surface area contributed by atoms with Gasteiger partial charge in [-0.1, -0.05) is 78.0 Å². The summed E-state index contributed by atoms with van der Waals surface area (Å²) >= 11 is 0. The number of nitrogens with zero attached hydrogens (tertiary/aromatic N) is 9. The van der Waals surface area contributed by atoms with E-state index in [0.717, 1.165) is 135 Å². The summed E-state index contributed by atoms with van der Waals surface area (Å²) in [7, 11) is 0.792. The molecule has 107 heavy (non-hydrogen) atoms. The van der Waals surface area contributed by atoms with Crippen LogP contribution < -0.4 is 15.3 Å². The molecule has 0 radical (unpaired) electrons. The van der Waals surface area contributed by atoms with E-state index in [4.69, 9.17) is 45.1 Å². The van der Waals surface area contributed by atoms with Crippen molar-refractivity contribution in [3.63, 3.8) is 0 Å². The van der Waals surface area contributed by atoms with Crippen molar-refractivity contribution in [1.82, 2.24) is 60.2 Å². The van der Waals surface area contributed by atoms with Gasteiger partial charge in [-0.25, -0.2) is 29.3 Å². The van der Waals surface area contributed by atoms with Gasteiger partial charge >= 0.3 is 17.9 Å². The summed E-state index contributed by atoms with van der Waals surface area (Å²) in [5.74, 6) is 8.06. The third kappa shape index (κ3) is 13.7. The van der Waals surface area contributed by atoms with Crippen LogP contribution in [0.1, 0.15) is 290 Å². The number of aromatic nitrogens is 9. The maximum Gasteiger partial charge on any atom is 0.305 e. The molecule has 0 saturated heterocycles. The Balaban J connectivity index is 0.597. The Labute approximate surface area is 638 Å². The largest absolute Gasteiger partial charge is 0.469 e. The normalized spacial score (nSPS) is 44.0. The average molecular weight is 1500 g/mol. The lowest BCUT2D eigenvalue weighted by Gasteiger charge is -2.62. The minimum atomic E-state index is -3.62. The molecule has 30 atom stereocenters. The zero-order chi connectivity index (χ0) is 75.5. The first-order valence-electron chi connectivity index (χ1n) is 42.9. The number of methoxy groups -OCH3 is 3. The van der Waals surface area contributed by atoms with Gasteiger partial charge in [0.15, 0.2) is 0 Å². The van der Waals surface area contributed by atoms with Gasteiger partial charge in [-0.15, -0.1) is 15.3 Å². The van der Waals surface area contributed by atoms with Gasteiger partial charge in [0, 0.05) is 38.9 Å². The maximum absolute atomic E-state index is 15.7. The minimum absolute atomic E-state index is 0.134. The molecule has 3 aromatic heterocycles. The number of esters is 3. The number of aliphatic hydroxyl groups is 3. The van der Waals surface area contributed by atoms with E-state index in [1.54, 1.807) is 0 Å². The van der Waals surface area contributed by atoms with Crippen molar-refractivity contribution in [2.24, 2.45) is 139 Å². The van der Waals surface area contributed by atoms with Gasteiger partial charge in [0.1, 0.15) is 0 Å². The number of ether oxygens (including phenoxy) is 3. The Morgan fingerprint density at radius 1 is 0.430 bits per heavy atom. The van der Waals surface area contributed by atoms with Crippen LogP contribution in [0.15, 0.2) is 18.6 Å². The monoisotopic (exact) mass is 1500 g/mol. The van der Waals surface area contributed by atoms with Crippen molar-refractivity contribution in [2.45, 2.75) is 311 Å². The smallest absolute Gasteiger partial charge is 0.305 e. The zero-order valence-corrected chi connectivity index (χ0v) is 68.0. The maximum atomic E-state index is 15.7. The van der Waals surface area contributed by atoms with Gasteiger partial charge in [0.2, 0.25) is 0 Å². The summed E-state index contributed by atoms with van der Waals surface area (Å²) in [6.45, 7) is 22.3. The molecule has 6 N–H and O–H groups in total. The molecule has 22 nitrogen and oxygen atoms in total. The Kier molecular flexibility index (Phi) is 22.1. The van der Waals surface area contributed by atoms with Gasteiger partial charge in [-0.2, -0.15) is 0 Å². The molecule has 0 aromatic carbocycles. The van der Waals surface area contributed by atoms with Gasteiger partial charge in [0.05, 0.1) is 93.4 Å². The number of carbonyl (C=O) groups excluding carboxylic acids is 3. The predicted molar refractivity (Wildman–Crippen MR) is 406 cm³/mol. The summed E-state index contributed by atoms with van der Waals surface area (Å²) in [6.07, 6.45) is 34.6. The standard InChI is InChI=1S/C84H135N12O10P/c1-49(13-28-76(100)104-10)64-22-25-67-61-19-16-52-37-58(31-34-79(52,4)70(61)40-73(97)82(64,67)7)94-46-55(88-91-94)43-85-107(103,86-44-56-47-95(92-89-56)59-32-35-80(5)53(38-59)17-20-62-68-26-23-65(50(2)14-29-77(101)105-11)83(68,8)74(98)41-71(62)80)87-45-57-48-96(93-90-57)60-33-36-81(6)54(39-60)18-21-63-69-27-24-66(51(3)15-30-78(102)106-12)84(69,9)75(99)42-72(63)81/h46-54,58-75,97-99H,13-45H2,1-12H3,(H3,85,86,87,103)/t49-,50-,51-,52-,53-,54-,58?,59?,60?,61+,62+,63+,64-,65-,66-,67+,68+,69+,70+,71+,72+,73+,74+,75+,79+,80+,81+,82-,83-,84-,107?/m1/s1. The zero-order valence-electron chi connectivity index (χ0n) is 67.1. The second-order valence-electron chi connectivity index (χ2n) is 39.6. The third-order valence-electron chi connectivity index (χ3n) is 35.8. The fraction of sp³-hybridized carbons (Fsp3) is 0.893. The second-order valence-corrected chi connectivity index (χ2v) is 41.8. The van der Waals surface area contributed by atoms with Crippen LogP contribution in [0.2, 0.25) is 0 Å². The van der Waals surface area contributed by atoms with Gasteiger partial charge in [0.25, 0.3) is 7.59 Å². The lowest BCUT2D eigenvalue weighted by molar-refractivity contribution is -0.171. The molecule has 3 unspecified atom stereocenters. The summed E-state index contributed by atoms with van der Waals surface area (Å²) in [5.41, 5.74) is 2.12. The van der Waals surface area contributed by atoms with Crippen LogP contribution in [-0.4, -0.2) is 118 Å². The molecule has 23 heteroatoms. The van der Waals surface area contributed by atoms with Crippen LogP contribution >= 0.6 is 7.59 Å². The molecule has 596 valence electrons. The Bertz CT molecular complexity index is 3330. The van der Waals surface area contributed by atoms with Crippen LogP contribution in [0.5, 0.6) is 0 Å². The van der Waals surface area contributed by atoms with E-state index < -0.39 is 7.59 Å². The molecule has 3 heterocycles. The molecule has 12 aliphatic rings. The topological polar surface area (TPSA) is 285 Å². The first-order valence-corrected chi connectivity index (χ1v) is 44.6. The highest BCUT2D eigenvalue weighted by Gasteiger charge is 2.68. The SMILES string of the molecule is COC(=O)CC[C@@H](C)[C@H]1CC[C@H]2[C@@H]3CC[C@@H]4CC(n5cc(CNP(=O)(NCc6cn(C7CC[C@@]8(C)[C@H](CC[C@@H]9[C@@H]8C[C@H](O)[C@]8(C)[C@@H]([C@H](C)CCC(=O)OC)CC[C@@H]98)C7)nn6)NCc6cn(C7CC[C@@]8(C)[C@H](CC[C@@H]9[C@@H]8C[C@H](O)[C@]8(C)[C@@H]([C@H](C)CCC(=O)OC)CC[C@@H]98)C7)nn6)nn5)CC[C@]4(C)[C@H]3C[C@H](O)[C@]12C. The van der Waals surface area contributed by atoms with Crippen molar-refractivity contribution in [3.05, 3.63) is 35.7 Å². The van der Waals surface area contributed by atoms with Crippen molar-refractivity contribution in [2.75, 3.05) is 21.3 Å². The van der Waals surface area contributed by atoms with Crippen LogP contribution in [-0.2, 0) is 52.8 Å². The summed E-state index contributed by atoms with van der Waals surface area (Å²) in [4.78, 5) is 36.6. The summed E-state index contributed by atoms with van der Waals surface area (Å²) in [5, 5.41) is 75.9. The lowest BCUT2D eigenvalue weighted by Crippen LogP contribution is -2.58. The number of hydrogen-bond donors (Lipinski definition) is 6. The highest BCUT2D eigenvalue weighted by molar-refractivity contribution is 7.57. The summed E-state index contributed by atoms with van der Waals surface area (Å²) in [6, 6.07) is 0.586. The Morgan fingerprint density at radius 3 is 0.981 bits per heavy atom. The predicted octanol–water partition coefficient (Wildman–Crippen LogP) is 14.5. The molecular formula is C84H135N12O10P. The van der Waals surface area contributed by atoms with E-state index in [-0.39, 0.29) is 106 Å². The van der Waals surface area contributed by atoms with E-state index in [1.165, 1.54) is 59.9 Å². The van der Waals surface area contributed by atoms with Crippen molar-refractivity contribution >= 4 is 25.5 Å². The summed E-state index contributed by atoms with van der Waals surface area (Å²) < 4.78 is 36.9. The van der Waals surface area contributed by atoms with Gasteiger partial charge in [-0.05, 0) is 312 Å². The Morgan fingerprint density at radius 2 is 0.710 bits per heavy atom. The van der Waals surface area contributed by atoms with E-state index in [2.05, 4.69) is 110 Å². The fourth-order valence-corrected chi connectivity index (χ4v) is 31.1. The molecule has 0 spiro atoms. The van der Waals surface area contributed by atoms with Crippen LogP contribution in [0, 0.1) is 139 Å². The molecule has 12 aliphatic carbocycles. The van der Waals surface area contributed by atoms with E-state index in [1.807, 2.05) is 0 Å². The molecule has 15 rings (SSSR count). The van der Waals surface area contributed by atoms with E-state index >= 15 is 4.57 Å². The van der Waals surface area contributed by atoms with Crippen LogP contribution in [0.25, 0.3) is 0 Å². The van der Waals surface area contributed by atoms with E-state index in [0.29, 0.717) is 143 Å². The van der Waals surface area contributed by atoms with Crippen LogP contribution in [0.3, 0.4) is 0 Å².